The quantitative estimate of drug-likeness (QED) is 0.501. The number of carbonyl (C=O) groups excluding carboxylic acids is 2. The summed E-state index contributed by atoms with van der Waals surface area (Å²) in [6, 6.07) is 16.9. The molecule has 0 heterocycles. The van der Waals surface area contributed by atoms with Gasteiger partial charge in [-0.15, -0.1) is 0 Å². The van der Waals surface area contributed by atoms with Gasteiger partial charge in [-0.05, 0) is 28.5 Å². The standard InChI is InChI=1S/C23H21NO5/c1-27-20-13-18(23(26)29-3)19(14-21(20)28-2)24-22(25)11-9-15-8-10-16-6-4-5-7-17(16)12-15/h4-14H,1-3H3,(H,24,25)/b11-9+. The molecule has 0 radical (unpaired) electrons. The van der Waals surface area contributed by atoms with Crippen molar-refractivity contribution in [3.63, 3.8) is 0 Å². The van der Waals surface area contributed by atoms with Crippen LogP contribution >= 0.6 is 0 Å². The van der Waals surface area contributed by atoms with E-state index in [0.717, 1.165) is 16.3 Å². The van der Waals surface area contributed by atoms with E-state index in [1.807, 2.05) is 42.5 Å². The molecule has 0 unspecified atom stereocenters. The monoisotopic (exact) mass is 391 g/mol. The smallest absolute Gasteiger partial charge is 0.340 e. The largest absolute Gasteiger partial charge is 0.493 e. The third-order valence-electron chi connectivity index (χ3n) is 4.39. The highest BCUT2D eigenvalue weighted by molar-refractivity contribution is 6.07. The Hall–Kier alpha value is -3.80. The molecule has 0 aromatic heterocycles. The predicted molar refractivity (Wildman–Crippen MR) is 112 cm³/mol. The normalized spacial score (nSPS) is 10.7. The number of methoxy groups -OCH3 is 3. The molecule has 0 aliphatic rings. The van der Waals surface area contributed by atoms with Gasteiger partial charge in [0.05, 0.1) is 32.6 Å². The fourth-order valence-electron chi connectivity index (χ4n) is 2.92. The van der Waals surface area contributed by atoms with Gasteiger partial charge >= 0.3 is 5.97 Å². The number of hydrogen-bond acceptors (Lipinski definition) is 5. The number of carbonyl (C=O) groups is 2. The van der Waals surface area contributed by atoms with Gasteiger partial charge in [-0.3, -0.25) is 4.79 Å². The maximum absolute atomic E-state index is 12.4. The van der Waals surface area contributed by atoms with Crippen LogP contribution in [-0.2, 0) is 9.53 Å². The molecular formula is C23H21NO5. The van der Waals surface area contributed by atoms with Crippen molar-refractivity contribution in [2.75, 3.05) is 26.6 Å². The zero-order valence-corrected chi connectivity index (χ0v) is 16.4. The zero-order valence-electron chi connectivity index (χ0n) is 16.4. The molecule has 0 bridgehead atoms. The number of amides is 1. The number of ether oxygens (including phenoxy) is 3. The van der Waals surface area contributed by atoms with E-state index in [9.17, 15) is 9.59 Å². The summed E-state index contributed by atoms with van der Waals surface area (Å²) in [4.78, 5) is 24.5. The fraction of sp³-hybridized carbons (Fsp3) is 0.130. The number of benzene rings is 3. The summed E-state index contributed by atoms with van der Waals surface area (Å²) in [7, 11) is 4.20. The minimum absolute atomic E-state index is 0.164. The molecule has 0 aliphatic heterocycles. The van der Waals surface area contributed by atoms with Crippen molar-refractivity contribution >= 4 is 34.4 Å². The first-order valence-corrected chi connectivity index (χ1v) is 8.88. The second-order valence-corrected chi connectivity index (χ2v) is 6.17. The summed E-state index contributed by atoms with van der Waals surface area (Å²) in [5.74, 6) is -0.248. The van der Waals surface area contributed by atoms with Crippen LogP contribution in [0.3, 0.4) is 0 Å². The highest BCUT2D eigenvalue weighted by Gasteiger charge is 2.18. The molecule has 3 aromatic rings. The molecular weight excluding hydrogens is 370 g/mol. The summed E-state index contributed by atoms with van der Waals surface area (Å²) in [5.41, 5.74) is 1.32. The van der Waals surface area contributed by atoms with Crippen LogP contribution in [0.1, 0.15) is 15.9 Å². The first-order valence-electron chi connectivity index (χ1n) is 8.88. The van der Waals surface area contributed by atoms with Crippen molar-refractivity contribution in [2.45, 2.75) is 0 Å². The summed E-state index contributed by atoms with van der Waals surface area (Å²) in [5, 5.41) is 4.91. The van der Waals surface area contributed by atoms with Crippen molar-refractivity contribution in [1.82, 2.24) is 0 Å². The molecule has 29 heavy (non-hydrogen) atoms. The number of anilines is 1. The molecule has 3 rings (SSSR count). The minimum atomic E-state index is -0.597. The number of fused-ring (bicyclic) bond motifs is 1. The Balaban J connectivity index is 1.84. The lowest BCUT2D eigenvalue weighted by atomic mass is 10.1. The van der Waals surface area contributed by atoms with Crippen molar-refractivity contribution < 1.29 is 23.8 Å². The summed E-state index contributed by atoms with van der Waals surface area (Å²) in [6.45, 7) is 0. The fourth-order valence-corrected chi connectivity index (χ4v) is 2.92. The Labute approximate surface area is 168 Å². The van der Waals surface area contributed by atoms with Crippen LogP contribution in [0.2, 0.25) is 0 Å². The first kappa shape index (κ1) is 19.9. The molecule has 1 amide bonds. The summed E-state index contributed by atoms with van der Waals surface area (Å²) in [6.07, 6.45) is 3.11. The number of hydrogen-bond donors (Lipinski definition) is 1. The molecule has 0 atom stereocenters. The average molecular weight is 391 g/mol. The maximum Gasteiger partial charge on any atom is 0.340 e. The van der Waals surface area contributed by atoms with Crippen LogP contribution < -0.4 is 14.8 Å². The zero-order chi connectivity index (χ0) is 20.8. The Bertz CT molecular complexity index is 1090. The molecule has 148 valence electrons. The second kappa shape index (κ2) is 8.93. The number of esters is 1. The highest BCUT2D eigenvalue weighted by atomic mass is 16.5. The molecule has 0 fully saturated rings. The molecule has 0 saturated carbocycles. The van der Waals surface area contributed by atoms with E-state index in [4.69, 9.17) is 14.2 Å². The lowest BCUT2D eigenvalue weighted by molar-refractivity contribution is -0.111. The van der Waals surface area contributed by atoms with Crippen LogP contribution in [0.4, 0.5) is 5.69 Å². The molecule has 0 aliphatic carbocycles. The van der Waals surface area contributed by atoms with Gasteiger partial charge < -0.3 is 19.5 Å². The summed E-state index contributed by atoms with van der Waals surface area (Å²) < 4.78 is 15.3. The van der Waals surface area contributed by atoms with Gasteiger partial charge in [0.2, 0.25) is 5.91 Å². The van der Waals surface area contributed by atoms with E-state index in [1.54, 1.807) is 6.08 Å². The Kier molecular flexibility index (Phi) is 6.14. The van der Waals surface area contributed by atoms with E-state index in [-0.39, 0.29) is 11.3 Å². The van der Waals surface area contributed by atoms with E-state index in [0.29, 0.717) is 11.5 Å². The minimum Gasteiger partial charge on any atom is -0.493 e. The lowest BCUT2D eigenvalue weighted by Gasteiger charge is -2.14. The second-order valence-electron chi connectivity index (χ2n) is 6.17. The van der Waals surface area contributed by atoms with Crippen LogP contribution in [0.25, 0.3) is 16.8 Å². The SMILES string of the molecule is COC(=O)c1cc(OC)c(OC)cc1NC(=O)/C=C/c1ccc2ccccc2c1. The predicted octanol–water partition coefficient (Wildman–Crippen LogP) is 4.30. The Morgan fingerprint density at radius 3 is 2.24 bits per heavy atom. The first-order chi connectivity index (χ1) is 14.0. The van der Waals surface area contributed by atoms with Gasteiger partial charge in [0, 0.05) is 18.2 Å². The number of nitrogens with one attached hydrogen (secondary N) is 1. The van der Waals surface area contributed by atoms with Crippen LogP contribution in [0.15, 0.2) is 60.7 Å². The van der Waals surface area contributed by atoms with E-state index >= 15 is 0 Å². The van der Waals surface area contributed by atoms with Crippen LogP contribution in [-0.4, -0.2) is 33.2 Å². The van der Waals surface area contributed by atoms with Gasteiger partial charge in [0.1, 0.15) is 0 Å². The van der Waals surface area contributed by atoms with E-state index in [1.165, 1.54) is 39.5 Å². The van der Waals surface area contributed by atoms with Crippen LogP contribution in [0, 0.1) is 0 Å². The third kappa shape index (κ3) is 4.55. The van der Waals surface area contributed by atoms with E-state index in [2.05, 4.69) is 5.32 Å². The van der Waals surface area contributed by atoms with Crippen molar-refractivity contribution in [3.05, 3.63) is 71.8 Å². The molecule has 0 spiro atoms. The van der Waals surface area contributed by atoms with Crippen molar-refractivity contribution in [3.8, 4) is 11.5 Å². The molecule has 6 heteroatoms. The summed E-state index contributed by atoms with van der Waals surface area (Å²) >= 11 is 0. The number of rotatable bonds is 6. The van der Waals surface area contributed by atoms with Gasteiger partial charge in [-0.25, -0.2) is 4.79 Å². The molecule has 0 saturated heterocycles. The van der Waals surface area contributed by atoms with Crippen molar-refractivity contribution in [1.29, 1.82) is 0 Å². The van der Waals surface area contributed by atoms with Gasteiger partial charge in [-0.2, -0.15) is 0 Å². The Morgan fingerprint density at radius 1 is 0.862 bits per heavy atom. The Morgan fingerprint density at radius 2 is 1.55 bits per heavy atom. The lowest BCUT2D eigenvalue weighted by Crippen LogP contribution is -2.13. The third-order valence-corrected chi connectivity index (χ3v) is 4.39. The topological polar surface area (TPSA) is 73.9 Å². The van der Waals surface area contributed by atoms with Crippen LogP contribution in [0.5, 0.6) is 11.5 Å². The van der Waals surface area contributed by atoms with Crippen molar-refractivity contribution in [2.24, 2.45) is 0 Å². The highest BCUT2D eigenvalue weighted by Crippen LogP contribution is 2.33. The van der Waals surface area contributed by atoms with Gasteiger partial charge in [0.25, 0.3) is 0 Å². The average Bonchev–Trinajstić information content (AvgIpc) is 2.76. The maximum atomic E-state index is 12.4. The molecule has 1 N–H and O–H groups in total. The van der Waals surface area contributed by atoms with Gasteiger partial charge in [-0.1, -0.05) is 36.4 Å². The van der Waals surface area contributed by atoms with E-state index < -0.39 is 11.9 Å². The molecule has 6 nitrogen and oxygen atoms in total. The van der Waals surface area contributed by atoms with Gasteiger partial charge in [0.15, 0.2) is 11.5 Å². The molecule has 3 aromatic carbocycles.